The van der Waals surface area contributed by atoms with Gasteiger partial charge >= 0.3 is 0 Å². The molecule has 1 nitrogen and oxygen atoms in total. The van der Waals surface area contributed by atoms with Crippen LogP contribution in [0.15, 0.2) is 5.51 Å². The van der Waals surface area contributed by atoms with Crippen LogP contribution >= 0.6 is 22.9 Å². The zero-order valence-electron chi connectivity index (χ0n) is 5.93. The molecule has 0 amide bonds. The fourth-order valence-electron chi connectivity index (χ4n) is 0.794. The first-order valence-corrected chi connectivity index (χ1v) is 4.71. The molecule has 0 N–H and O–H groups in total. The molecule has 0 aliphatic carbocycles. The molecular formula is C7H10ClNS. The standard InChI is InChI=1S/C7H10ClNS/c1-6-7(3-2-4-8)10-5-9-6/h5H,2-4H2,1H3. The van der Waals surface area contributed by atoms with Gasteiger partial charge in [0.15, 0.2) is 0 Å². The molecule has 1 heterocycles. The Labute approximate surface area is 70.1 Å². The van der Waals surface area contributed by atoms with Crippen LogP contribution in [0.3, 0.4) is 0 Å². The molecular weight excluding hydrogens is 166 g/mol. The number of alkyl halides is 1. The highest BCUT2D eigenvalue weighted by molar-refractivity contribution is 7.09. The number of hydrogen-bond donors (Lipinski definition) is 0. The fourth-order valence-corrected chi connectivity index (χ4v) is 1.75. The molecule has 0 fully saturated rings. The third kappa shape index (κ3) is 1.96. The molecule has 0 bridgehead atoms. The maximum atomic E-state index is 5.56. The van der Waals surface area contributed by atoms with Crippen molar-refractivity contribution in [1.29, 1.82) is 0 Å². The van der Waals surface area contributed by atoms with E-state index in [4.69, 9.17) is 11.6 Å². The summed E-state index contributed by atoms with van der Waals surface area (Å²) >= 11 is 7.27. The Kier molecular flexibility index (Phi) is 3.16. The third-order valence-corrected chi connectivity index (χ3v) is 2.64. The quantitative estimate of drug-likeness (QED) is 0.644. The van der Waals surface area contributed by atoms with Crippen LogP contribution in [0.4, 0.5) is 0 Å². The van der Waals surface area contributed by atoms with Crippen LogP contribution in [0.1, 0.15) is 17.0 Å². The molecule has 0 saturated heterocycles. The minimum absolute atomic E-state index is 0.747. The lowest BCUT2D eigenvalue weighted by Gasteiger charge is -1.92. The van der Waals surface area contributed by atoms with Crippen LogP contribution < -0.4 is 0 Å². The number of aromatic nitrogens is 1. The minimum atomic E-state index is 0.747. The lowest BCUT2D eigenvalue weighted by atomic mass is 10.2. The second kappa shape index (κ2) is 3.94. The molecule has 1 aromatic heterocycles. The summed E-state index contributed by atoms with van der Waals surface area (Å²) in [6.45, 7) is 2.04. The van der Waals surface area contributed by atoms with Gasteiger partial charge in [0.2, 0.25) is 0 Å². The van der Waals surface area contributed by atoms with E-state index < -0.39 is 0 Å². The van der Waals surface area contributed by atoms with Gasteiger partial charge in [-0.05, 0) is 19.8 Å². The zero-order valence-corrected chi connectivity index (χ0v) is 7.50. The van der Waals surface area contributed by atoms with Gasteiger partial charge in [-0.25, -0.2) is 4.98 Å². The molecule has 0 atom stereocenters. The van der Waals surface area contributed by atoms with Gasteiger partial charge in [-0.2, -0.15) is 0 Å². The number of thiazole rings is 1. The van der Waals surface area contributed by atoms with Crippen LogP contribution in [0.25, 0.3) is 0 Å². The summed E-state index contributed by atoms with van der Waals surface area (Å²) in [5.41, 5.74) is 3.05. The molecule has 1 rings (SSSR count). The molecule has 0 unspecified atom stereocenters. The summed E-state index contributed by atoms with van der Waals surface area (Å²) in [4.78, 5) is 5.52. The van der Waals surface area contributed by atoms with E-state index in [1.54, 1.807) is 11.3 Å². The smallest absolute Gasteiger partial charge is 0.0797 e. The van der Waals surface area contributed by atoms with E-state index in [2.05, 4.69) is 4.98 Å². The predicted molar refractivity (Wildman–Crippen MR) is 45.9 cm³/mol. The van der Waals surface area contributed by atoms with Gasteiger partial charge in [-0.3, -0.25) is 0 Å². The Bertz CT molecular complexity index is 197. The van der Waals surface area contributed by atoms with Crippen molar-refractivity contribution in [1.82, 2.24) is 4.98 Å². The average molecular weight is 176 g/mol. The summed E-state index contributed by atoms with van der Waals surface area (Å²) in [5, 5.41) is 0. The molecule has 1 aromatic rings. The lowest BCUT2D eigenvalue weighted by molar-refractivity contribution is 0.932. The summed E-state index contributed by atoms with van der Waals surface area (Å²) in [6, 6.07) is 0. The van der Waals surface area contributed by atoms with Crippen LogP contribution in [-0.2, 0) is 6.42 Å². The van der Waals surface area contributed by atoms with Gasteiger partial charge in [0.05, 0.1) is 11.2 Å². The molecule has 0 aromatic carbocycles. The second-order valence-electron chi connectivity index (χ2n) is 2.15. The van der Waals surface area contributed by atoms with Crippen molar-refractivity contribution in [3.05, 3.63) is 16.1 Å². The molecule has 10 heavy (non-hydrogen) atoms. The summed E-state index contributed by atoms with van der Waals surface area (Å²) in [7, 11) is 0. The molecule has 3 heteroatoms. The van der Waals surface area contributed by atoms with E-state index in [1.165, 1.54) is 4.88 Å². The highest BCUT2D eigenvalue weighted by Crippen LogP contribution is 2.14. The number of aryl methyl sites for hydroxylation is 2. The van der Waals surface area contributed by atoms with E-state index >= 15 is 0 Å². The number of halogens is 1. The van der Waals surface area contributed by atoms with Crippen LogP contribution in [-0.4, -0.2) is 10.9 Å². The summed E-state index contributed by atoms with van der Waals surface area (Å²) in [5.74, 6) is 0.747. The van der Waals surface area contributed by atoms with Gasteiger partial charge in [0, 0.05) is 10.8 Å². The van der Waals surface area contributed by atoms with Crippen LogP contribution in [0.2, 0.25) is 0 Å². The Morgan fingerprint density at radius 2 is 2.50 bits per heavy atom. The topological polar surface area (TPSA) is 12.9 Å². The molecule has 0 aliphatic heterocycles. The first-order valence-electron chi connectivity index (χ1n) is 3.29. The SMILES string of the molecule is Cc1ncsc1CCCCl. The van der Waals surface area contributed by atoms with Crippen molar-refractivity contribution < 1.29 is 0 Å². The molecule has 0 spiro atoms. The highest BCUT2D eigenvalue weighted by atomic mass is 35.5. The van der Waals surface area contributed by atoms with Crippen molar-refractivity contribution in [2.75, 3.05) is 5.88 Å². The van der Waals surface area contributed by atoms with E-state index in [-0.39, 0.29) is 0 Å². The monoisotopic (exact) mass is 175 g/mol. The Hall–Kier alpha value is -0.0800. The molecule has 0 radical (unpaired) electrons. The maximum absolute atomic E-state index is 5.56. The van der Waals surface area contributed by atoms with E-state index in [0.29, 0.717) is 0 Å². The van der Waals surface area contributed by atoms with Crippen LogP contribution in [0, 0.1) is 6.92 Å². The average Bonchev–Trinajstić information content (AvgIpc) is 2.31. The number of nitrogens with zero attached hydrogens (tertiary/aromatic N) is 1. The van der Waals surface area contributed by atoms with Crippen molar-refractivity contribution in [2.45, 2.75) is 19.8 Å². The van der Waals surface area contributed by atoms with E-state index in [9.17, 15) is 0 Å². The first-order chi connectivity index (χ1) is 4.84. The number of rotatable bonds is 3. The zero-order chi connectivity index (χ0) is 7.40. The van der Waals surface area contributed by atoms with Gasteiger partial charge in [0.1, 0.15) is 0 Å². The number of hydrogen-bond acceptors (Lipinski definition) is 2. The van der Waals surface area contributed by atoms with Gasteiger partial charge in [0.25, 0.3) is 0 Å². The highest BCUT2D eigenvalue weighted by Gasteiger charge is 1.98. The predicted octanol–water partition coefficient (Wildman–Crippen LogP) is 2.62. The molecule has 0 aliphatic rings. The maximum Gasteiger partial charge on any atom is 0.0797 e. The molecule has 0 saturated carbocycles. The van der Waals surface area contributed by atoms with Crippen molar-refractivity contribution in [3.8, 4) is 0 Å². The van der Waals surface area contributed by atoms with Crippen molar-refractivity contribution in [3.63, 3.8) is 0 Å². The Morgan fingerprint density at radius 3 is 3.00 bits per heavy atom. The Balaban J connectivity index is 2.49. The largest absolute Gasteiger partial charge is 0.250 e. The van der Waals surface area contributed by atoms with Gasteiger partial charge in [-0.15, -0.1) is 22.9 Å². The van der Waals surface area contributed by atoms with E-state index in [1.807, 2.05) is 12.4 Å². The van der Waals surface area contributed by atoms with Crippen molar-refractivity contribution >= 4 is 22.9 Å². The fraction of sp³-hybridized carbons (Fsp3) is 0.571. The minimum Gasteiger partial charge on any atom is -0.250 e. The normalized spacial score (nSPS) is 10.2. The Morgan fingerprint density at radius 1 is 1.70 bits per heavy atom. The van der Waals surface area contributed by atoms with Crippen LogP contribution in [0.5, 0.6) is 0 Å². The summed E-state index contributed by atoms with van der Waals surface area (Å²) < 4.78 is 0. The molecule has 56 valence electrons. The van der Waals surface area contributed by atoms with E-state index in [0.717, 1.165) is 24.4 Å². The third-order valence-electron chi connectivity index (χ3n) is 1.38. The van der Waals surface area contributed by atoms with Crippen molar-refractivity contribution in [2.24, 2.45) is 0 Å². The van der Waals surface area contributed by atoms with Gasteiger partial charge < -0.3 is 0 Å². The second-order valence-corrected chi connectivity index (χ2v) is 3.47. The first kappa shape index (κ1) is 8.02. The lowest BCUT2D eigenvalue weighted by Crippen LogP contribution is -1.84. The van der Waals surface area contributed by atoms with Gasteiger partial charge in [-0.1, -0.05) is 0 Å². The summed E-state index contributed by atoms with van der Waals surface area (Å²) in [6.07, 6.45) is 2.14.